The maximum absolute atomic E-state index is 13.1. The Kier molecular flexibility index (Phi) is 1.50. The minimum Gasteiger partial charge on any atom is -0.241 e. The van der Waals surface area contributed by atoms with Crippen LogP contribution in [0.2, 0.25) is 0 Å². The van der Waals surface area contributed by atoms with Crippen LogP contribution in [0, 0.1) is 18.8 Å². The third-order valence-corrected chi connectivity index (χ3v) is 1.60. The number of aromatic nitrogens is 2. The molecule has 0 saturated heterocycles. The summed E-state index contributed by atoms with van der Waals surface area (Å²) >= 11 is 0. The Morgan fingerprint density at radius 2 is 2.33 bits per heavy atom. The first-order valence-electron chi connectivity index (χ1n) is 3.57. The van der Waals surface area contributed by atoms with Crippen molar-refractivity contribution in [2.45, 2.75) is 6.92 Å². The number of nitrogens with zero attached hydrogens (tertiary/aromatic N) is 2. The van der Waals surface area contributed by atoms with Crippen molar-refractivity contribution < 1.29 is 4.39 Å². The summed E-state index contributed by atoms with van der Waals surface area (Å²) in [5.41, 5.74) is 0.338. The van der Waals surface area contributed by atoms with Gasteiger partial charge in [0.05, 0.1) is 0 Å². The fourth-order valence-electron chi connectivity index (χ4n) is 1.04. The Labute approximate surface area is 69.1 Å². The highest BCUT2D eigenvalue weighted by molar-refractivity contribution is 5.77. The first kappa shape index (κ1) is 7.16. The molecule has 0 aliphatic carbocycles. The summed E-state index contributed by atoms with van der Waals surface area (Å²) in [6, 6.07) is 5.72. The van der Waals surface area contributed by atoms with E-state index in [1.54, 1.807) is 13.1 Å². The minimum atomic E-state index is -0.325. The van der Waals surface area contributed by atoms with Crippen LogP contribution in [0.5, 0.6) is 0 Å². The number of hydrogen-bond donors (Lipinski definition) is 0. The molecular weight excluding hydrogens is 155 g/mol. The van der Waals surface area contributed by atoms with Crippen molar-refractivity contribution in [3.05, 3.63) is 36.0 Å². The Hall–Kier alpha value is -1.51. The highest BCUT2D eigenvalue weighted by Gasteiger charge is 2.01. The Bertz CT molecular complexity index is 426. The molecule has 0 fully saturated rings. The Morgan fingerprint density at radius 1 is 1.50 bits per heavy atom. The predicted octanol–water partition coefficient (Wildman–Crippen LogP) is 1.88. The lowest BCUT2D eigenvalue weighted by Crippen LogP contribution is -1.90. The van der Waals surface area contributed by atoms with Crippen LogP contribution >= 0.6 is 0 Å². The zero-order chi connectivity index (χ0) is 8.55. The van der Waals surface area contributed by atoms with Crippen LogP contribution in [-0.2, 0) is 0 Å². The molecule has 0 spiro atoms. The Balaban J connectivity index is 2.88. The van der Waals surface area contributed by atoms with Crippen LogP contribution in [0.25, 0.3) is 10.9 Å². The van der Waals surface area contributed by atoms with Gasteiger partial charge in [-0.3, -0.25) is 0 Å². The molecule has 0 amide bonds. The second-order valence-electron chi connectivity index (χ2n) is 2.51. The first-order valence-corrected chi connectivity index (χ1v) is 3.57. The third-order valence-electron chi connectivity index (χ3n) is 1.60. The quantitative estimate of drug-likeness (QED) is 0.589. The lowest BCUT2D eigenvalue weighted by molar-refractivity contribution is 0.636. The lowest BCUT2D eigenvalue weighted by atomic mass is 10.2. The lowest BCUT2D eigenvalue weighted by Gasteiger charge is -1.97. The fraction of sp³-hybridized carbons (Fsp3) is 0.111. The molecule has 1 heterocycles. The average molecular weight is 161 g/mol. The van der Waals surface area contributed by atoms with Gasteiger partial charge in [-0.1, -0.05) is 6.07 Å². The molecule has 0 atom stereocenters. The number of fused-ring (bicyclic) bond motifs is 1. The van der Waals surface area contributed by atoms with Crippen molar-refractivity contribution in [2.24, 2.45) is 0 Å². The van der Waals surface area contributed by atoms with Gasteiger partial charge in [0, 0.05) is 11.6 Å². The molecule has 1 radical (unpaired) electrons. The first-order chi connectivity index (χ1) is 5.77. The summed E-state index contributed by atoms with van der Waals surface area (Å²) in [5, 5.41) is 0.612. The van der Waals surface area contributed by atoms with E-state index >= 15 is 0 Å². The van der Waals surface area contributed by atoms with Crippen LogP contribution in [0.4, 0.5) is 4.39 Å². The van der Waals surface area contributed by atoms with Gasteiger partial charge in [-0.2, -0.15) is 0 Å². The molecule has 12 heavy (non-hydrogen) atoms. The van der Waals surface area contributed by atoms with E-state index in [1.165, 1.54) is 12.1 Å². The van der Waals surface area contributed by atoms with E-state index in [2.05, 4.69) is 16.0 Å². The normalized spacial score (nSPS) is 10.5. The molecule has 0 N–H and O–H groups in total. The van der Waals surface area contributed by atoms with Gasteiger partial charge in [0.2, 0.25) is 0 Å². The van der Waals surface area contributed by atoms with E-state index in [4.69, 9.17) is 0 Å². The summed E-state index contributed by atoms with van der Waals surface area (Å²) in [5.74, 6) is 0.246. The topological polar surface area (TPSA) is 25.8 Å². The van der Waals surface area contributed by atoms with E-state index in [1.807, 2.05) is 0 Å². The molecule has 2 aromatic rings. The van der Waals surface area contributed by atoms with Crippen LogP contribution < -0.4 is 0 Å². The highest BCUT2D eigenvalue weighted by Crippen LogP contribution is 2.12. The van der Waals surface area contributed by atoms with Crippen molar-refractivity contribution in [1.29, 1.82) is 0 Å². The largest absolute Gasteiger partial charge is 0.241 e. The second-order valence-corrected chi connectivity index (χ2v) is 2.51. The zero-order valence-corrected chi connectivity index (χ0v) is 6.50. The molecular formula is C9H6FN2. The molecule has 0 aliphatic heterocycles. The summed E-state index contributed by atoms with van der Waals surface area (Å²) in [6.07, 6.45) is 1.57. The van der Waals surface area contributed by atoms with Gasteiger partial charge in [-0.05, 0) is 19.1 Å². The molecule has 1 aromatic heterocycles. The highest BCUT2D eigenvalue weighted by atomic mass is 19.1. The summed E-state index contributed by atoms with van der Waals surface area (Å²) in [7, 11) is 0. The SMILES string of the molecule is Cc1ncc2[c]ccc(F)c2n1. The van der Waals surface area contributed by atoms with Crippen molar-refractivity contribution >= 4 is 10.9 Å². The van der Waals surface area contributed by atoms with E-state index in [0.29, 0.717) is 16.7 Å². The van der Waals surface area contributed by atoms with E-state index < -0.39 is 0 Å². The summed E-state index contributed by atoms with van der Waals surface area (Å²) in [6.45, 7) is 1.73. The van der Waals surface area contributed by atoms with Gasteiger partial charge in [-0.15, -0.1) is 0 Å². The molecule has 0 saturated carbocycles. The van der Waals surface area contributed by atoms with Crippen LogP contribution in [0.15, 0.2) is 18.3 Å². The minimum absolute atomic E-state index is 0.325. The van der Waals surface area contributed by atoms with Crippen LogP contribution in [-0.4, -0.2) is 9.97 Å². The maximum Gasteiger partial charge on any atom is 0.149 e. The molecule has 3 heteroatoms. The number of halogens is 1. The third kappa shape index (κ3) is 1.03. The standard InChI is InChI=1S/C9H6FN2/c1-6-11-5-7-3-2-4-8(10)9(7)12-6/h2,4-5H,1H3. The average Bonchev–Trinajstić information content (AvgIpc) is 2.07. The number of aryl methyl sites for hydroxylation is 1. The van der Waals surface area contributed by atoms with E-state index in [0.717, 1.165) is 0 Å². The van der Waals surface area contributed by atoms with Crippen LogP contribution in [0.1, 0.15) is 5.82 Å². The Morgan fingerprint density at radius 3 is 3.17 bits per heavy atom. The summed E-state index contributed by atoms with van der Waals surface area (Å²) in [4.78, 5) is 7.90. The number of rotatable bonds is 0. The van der Waals surface area contributed by atoms with Gasteiger partial charge in [0.25, 0.3) is 0 Å². The molecule has 0 unspecified atom stereocenters. The predicted molar refractivity (Wildman–Crippen MR) is 43.1 cm³/mol. The van der Waals surface area contributed by atoms with Crippen molar-refractivity contribution in [3.63, 3.8) is 0 Å². The van der Waals surface area contributed by atoms with E-state index in [-0.39, 0.29) is 5.82 Å². The molecule has 2 nitrogen and oxygen atoms in total. The van der Waals surface area contributed by atoms with Crippen molar-refractivity contribution in [2.75, 3.05) is 0 Å². The monoisotopic (exact) mass is 161 g/mol. The number of hydrogen-bond acceptors (Lipinski definition) is 2. The summed E-state index contributed by atoms with van der Waals surface area (Å²) < 4.78 is 13.1. The number of benzene rings is 1. The van der Waals surface area contributed by atoms with Gasteiger partial charge in [0.15, 0.2) is 0 Å². The van der Waals surface area contributed by atoms with Crippen molar-refractivity contribution in [1.82, 2.24) is 9.97 Å². The van der Waals surface area contributed by atoms with E-state index in [9.17, 15) is 4.39 Å². The maximum atomic E-state index is 13.1. The zero-order valence-electron chi connectivity index (χ0n) is 6.50. The van der Waals surface area contributed by atoms with Gasteiger partial charge in [0.1, 0.15) is 17.2 Å². The molecule has 2 rings (SSSR count). The molecule has 1 aromatic carbocycles. The van der Waals surface area contributed by atoms with Crippen molar-refractivity contribution in [3.8, 4) is 0 Å². The molecule has 59 valence electrons. The van der Waals surface area contributed by atoms with Crippen LogP contribution in [0.3, 0.4) is 0 Å². The fourth-order valence-corrected chi connectivity index (χ4v) is 1.04. The smallest absolute Gasteiger partial charge is 0.149 e. The van der Waals surface area contributed by atoms with Gasteiger partial charge >= 0.3 is 0 Å². The van der Waals surface area contributed by atoms with Gasteiger partial charge < -0.3 is 0 Å². The van der Waals surface area contributed by atoms with Gasteiger partial charge in [-0.25, -0.2) is 14.4 Å². The second kappa shape index (κ2) is 2.52. The molecule has 0 bridgehead atoms. The molecule has 0 aliphatic rings.